The van der Waals surface area contributed by atoms with Crippen LogP contribution in [-0.2, 0) is 4.74 Å². The molecule has 0 aliphatic carbocycles. The van der Waals surface area contributed by atoms with Crippen molar-refractivity contribution in [1.29, 1.82) is 0 Å². The molecule has 0 amide bonds. The highest BCUT2D eigenvalue weighted by atomic mass is 16.5. The van der Waals surface area contributed by atoms with Crippen molar-refractivity contribution in [3.05, 3.63) is 0 Å². The van der Waals surface area contributed by atoms with E-state index in [-0.39, 0.29) is 6.23 Å². The Morgan fingerprint density at radius 2 is 2.29 bits per heavy atom. The lowest BCUT2D eigenvalue weighted by molar-refractivity contribution is 0.0749. The van der Waals surface area contributed by atoms with Crippen LogP contribution in [-0.4, -0.2) is 20.4 Å². The normalized spacial score (nSPS) is 14.1. The second-order valence-corrected chi connectivity index (χ2v) is 1.36. The van der Waals surface area contributed by atoms with E-state index in [0.717, 1.165) is 6.42 Å². The van der Waals surface area contributed by atoms with Crippen molar-refractivity contribution in [3.63, 3.8) is 0 Å². The molecule has 0 spiro atoms. The molecule has 0 aliphatic rings. The highest BCUT2D eigenvalue weighted by Gasteiger charge is 1.96. The molecule has 2 heteroatoms. The summed E-state index contributed by atoms with van der Waals surface area (Å²) >= 11 is 0. The van der Waals surface area contributed by atoms with E-state index < -0.39 is 0 Å². The van der Waals surface area contributed by atoms with Crippen LogP contribution in [0.3, 0.4) is 0 Å². The molecule has 1 radical (unpaired) electrons. The van der Waals surface area contributed by atoms with Crippen LogP contribution in [0.2, 0.25) is 0 Å². The van der Waals surface area contributed by atoms with E-state index in [1.807, 2.05) is 6.92 Å². The number of hydrogen-bond acceptors (Lipinski definition) is 1. The minimum absolute atomic E-state index is 0.111. The van der Waals surface area contributed by atoms with Gasteiger partial charge in [-0.05, 0) is 6.42 Å². The number of methoxy groups -OCH3 is 1. The quantitative estimate of drug-likeness (QED) is 0.512. The van der Waals surface area contributed by atoms with E-state index >= 15 is 0 Å². The lowest BCUT2D eigenvalue weighted by Crippen LogP contribution is -2.18. The fourth-order valence-corrected chi connectivity index (χ4v) is 0.455. The van der Waals surface area contributed by atoms with Crippen molar-refractivity contribution in [2.75, 3.05) is 14.2 Å². The van der Waals surface area contributed by atoms with Crippen molar-refractivity contribution in [2.24, 2.45) is 0 Å². The largest absolute Gasteiger partial charge is 0.365 e. The lowest BCUT2D eigenvalue weighted by Gasteiger charge is -2.07. The van der Waals surface area contributed by atoms with Crippen LogP contribution in [0.1, 0.15) is 13.3 Å². The molecule has 0 saturated heterocycles. The van der Waals surface area contributed by atoms with Crippen LogP contribution < -0.4 is 5.32 Å². The second kappa shape index (κ2) is 4.09. The van der Waals surface area contributed by atoms with E-state index in [1.54, 1.807) is 14.2 Å². The third-order valence-corrected chi connectivity index (χ3v) is 0.909. The minimum atomic E-state index is 0.111. The van der Waals surface area contributed by atoms with Crippen LogP contribution in [0, 0.1) is 0 Å². The van der Waals surface area contributed by atoms with Gasteiger partial charge in [0.25, 0.3) is 0 Å². The van der Waals surface area contributed by atoms with Crippen LogP contribution in [0.25, 0.3) is 0 Å². The zero-order valence-corrected chi connectivity index (χ0v) is 5.14. The maximum absolute atomic E-state index is 4.88. The average Bonchev–Trinajstić information content (AvgIpc) is 1.72. The average molecular weight is 102 g/mol. The summed E-state index contributed by atoms with van der Waals surface area (Å²) in [6.07, 6.45) is 1.08. The summed E-state index contributed by atoms with van der Waals surface area (Å²) in [4.78, 5) is 0. The molecule has 43 valence electrons. The molecule has 2 nitrogen and oxygen atoms in total. The van der Waals surface area contributed by atoms with E-state index in [2.05, 4.69) is 5.32 Å². The smallest absolute Gasteiger partial charge is 0.122 e. The van der Waals surface area contributed by atoms with Gasteiger partial charge in [0.1, 0.15) is 6.23 Å². The topological polar surface area (TPSA) is 23.3 Å². The van der Waals surface area contributed by atoms with Crippen molar-refractivity contribution in [1.82, 2.24) is 5.32 Å². The fourth-order valence-electron chi connectivity index (χ4n) is 0.455. The first-order valence-corrected chi connectivity index (χ1v) is 2.46. The van der Waals surface area contributed by atoms with E-state index in [9.17, 15) is 0 Å². The Hall–Kier alpha value is -0.0800. The first kappa shape index (κ1) is 6.92. The van der Waals surface area contributed by atoms with Crippen LogP contribution in [0.15, 0.2) is 0 Å². The second-order valence-electron chi connectivity index (χ2n) is 1.36. The number of hydrogen-bond donors (Lipinski definition) is 0. The van der Waals surface area contributed by atoms with Crippen LogP contribution in [0.5, 0.6) is 0 Å². The summed E-state index contributed by atoms with van der Waals surface area (Å²) < 4.78 is 4.88. The van der Waals surface area contributed by atoms with Gasteiger partial charge < -0.3 is 4.74 Å². The van der Waals surface area contributed by atoms with Gasteiger partial charge >= 0.3 is 0 Å². The molecule has 0 bridgehead atoms. The zero-order chi connectivity index (χ0) is 5.70. The monoisotopic (exact) mass is 102 g/mol. The van der Waals surface area contributed by atoms with Gasteiger partial charge in [0, 0.05) is 14.2 Å². The molecule has 0 fully saturated rings. The molecule has 0 heterocycles. The molecule has 0 aromatic carbocycles. The van der Waals surface area contributed by atoms with Crippen molar-refractivity contribution >= 4 is 0 Å². The third kappa shape index (κ3) is 2.60. The highest BCUT2D eigenvalue weighted by molar-refractivity contribution is 4.42. The summed E-state index contributed by atoms with van der Waals surface area (Å²) in [5.41, 5.74) is 0. The molecular formula is C5H12NO. The third-order valence-electron chi connectivity index (χ3n) is 0.909. The zero-order valence-electron chi connectivity index (χ0n) is 5.14. The molecule has 0 saturated carbocycles. The van der Waals surface area contributed by atoms with Gasteiger partial charge in [0.05, 0.1) is 0 Å². The molecular weight excluding hydrogens is 90.1 g/mol. The predicted octanol–water partition coefficient (Wildman–Crippen LogP) is 0.603. The SMILES string of the molecule is CCC([N]C)OC. The molecule has 1 unspecified atom stereocenters. The molecule has 0 aromatic heterocycles. The van der Waals surface area contributed by atoms with Gasteiger partial charge in [0.15, 0.2) is 0 Å². The van der Waals surface area contributed by atoms with Crippen molar-refractivity contribution in [3.8, 4) is 0 Å². The predicted molar refractivity (Wildman–Crippen MR) is 29.1 cm³/mol. The number of ether oxygens (including phenoxy) is 1. The lowest BCUT2D eigenvalue weighted by atomic mass is 10.4. The molecule has 0 aromatic rings. The molecule has 0 N–H and O–H groups in total. The Kier molecular flexibility index (Phi) is 4.04. The van der Waals surface area contributed by atoms with E-state index in [1.165, 1.54) is 0 Å². The molecule has 1 atom stereocenters. The standard InChI is InChI=1S/C5H12NO/c1-4-5(6-2)7-3/h5H,4H2,1-3H3. The van der Waals surface area contributed by atoms with E-state index in [0.29, 0.717) is 0 Å². The Labute approximate surface area is 44.9 Å². The van der Waals surface area contributed by atoms with Gasteiger partial charge in [-0.25, -0.2) is 5.32 Å². The number of rotatable bonds is 3. The minimum Gasteiger partial charge on any atom is -0.365 e. The Morgan fingerprint density at radius 1 is 1.71 bits per heavy atom. The van der Waals surface area contributed by atoms with Gasteiger partial charge in [-0.15, -0.1) is 0 Å². The maximum atomic E-state index is 4.88. The summed E-state index contributed by atoms with van der Waals surface area (Å²) in [5, 5.41) is 3.90. The fraction of sp³-hybridized carbons (Fsp3) is 1.00. The Balaban J connectivity index is 2.99. The van der Waals surface area contributed by atoms with Gasteiger partial charge in [0.2, 0.25) is 0 Å². The summed E-state index contributed by atoms with van der Waals surface area (Å²) in [5.74, 6) is 0. The maximum Gasteiger partial charge on any atom is 0.122 e. The van der Waals surface area contributed by atoms with Crippen LogP contribution >= 0.6 is 0 Å². The van der Waals surface area contributed by atoms with E-state index in [4.69, 9.17) is 4.74 Å². The first-order chi connectivity index (χ1) is 3.35. The summed E-state index contributed by atoms with van der Waals surface area (Å²) in [6.45, 7) is 2.04. The summed E-state index contributed by atoms with van der Waals surface area (Å²) in [7, 11) is 3.43. The first-order valence-electron chi connectivity index (χ1n) is 2.46. The molecule has 0 aliphatic heterocycles. The van der Waals surface area contributed by atoms with Gasteiger partial charge in [-0.1, -0.05) is 6.92 Å². The molecule has 7 heavy (non-hydrogen) atoms. The van der Waals surface area contributed by atoms with Gasteiger partial charge in [-0.2, -0.15) is 0 Å². The molecule has 0 rings (SSSR count). The Morgan fingerprint density at radius 3 is 2.29 bits per heavy atom. The Bertz CT molecular complexity index is 29.6. The van der Waals surface area contributed by atoms with Crippen molar-refractivity contribution in [2.45, 2.75) is 19.6 Å². The summed E-state index contributed by atoms with van der Waals surface area (Å²) in [6, 6.07) is 0. The number of nitrogens with zero attached hydrogens (tertiary/aromatic N) is 1. The van der Waals surface area contributed by atoms with Crippen LogP contribution in [0.4, 0.5) is 0 Å². The van der Waals surface area contributed by atoms with Gasteiger partial charge in [-0.3, -0.25) is 0 Å². The highest BCUT2D eigenvalue weighted by Crippen LogP contribution is 1.88. The van der Waals surface area contributed by atoms with Crippen molar-refractivity contribution < 1.29 is 4.74 Å².